The molecular weight excluding hydrogens is 288 g/mol. The Balaban J connectivity index is 1.87. The third-order valence-electron chi connectivity index (χ3n) is 3.09. The van der Waals surface area contributed by atoms with Crippen molar-refractivity contribution < 1.29 is 9.53 Å². The molecule has 5 heteroatoms. The number of amides is 1. The second-order valence-electron chi connectivity index (χ2n) is 4.52. The number of hydrogen-bond donors (Lipinski definition) is 1. The first-order valence-electron chi connectivity index (χ1n) is 6.68. The maximum atomic E-state index is 11.9. The lowest BCUT2D eigenvalue weighted by atomic mass is 10.2. The van der Waals surface area contributed by atoms with Crippen LogP contribution in [0.4, 0.5) is 0 Å². The summed E-state index contributed by atoms with van der Waals surface area (Å²) in [5.74, 6) is 0.634. The van der Waals surface area contributed by atoms with Crippen molar-refractivity contribution in [2.45, 2.75) is 19.4 Å². The first-order chi connectivity index (χ1) is 10.2. The Morgan fingerprint density at radius 1 is 1.29 bits per heavy atom. The molecule has 4 nitrogen and oxygen atoms in total. The van der Waals surface area contributed by atoms with Crippen LogP contribution in [0.5, 0.6) is 5.75 Å². The van der Waals surface area contributed by atoms with E-state index in [9.17, 15) is 4.79 Å². The number of pyridine rings is 1. The number of hydrogen-bond acceptors (Lipinski definition) is 3. The van der Waals surface area contributed by atoms with Crippen LogP contribution in [-0.2, 0) is 17.8 Å². The summed E-state index contributed by atoms with van der Waals surface area (Å²) >= 11 is 6.12. The molecule has 0 aliphatic heterocycles. The van der Waals surface area contributed by atoms with Gasteiger partial charge in [-0.25, -0.2) is 0 Å². The van der Waals surface area contributed by atoms with E-state index in [-0.39, 0.29) is 5.91 Å². The van der Waals surface area contributed by atoms with Gasteiger partial charge in [-0.15, -0.1) is 0 Å². The number of methoxy groups -OCH3 is 1. The van der Waals surface area contributed by atoms with Crippen LogP contribution in [-0.4, -0.2) is 18.0 Å². The number of halogens is 1. The molecule has 0 unspecified atom stereocenters. The molecule has 0 bridgehead atoms. The van der Waals surface area contributed by atoms with Crippen LogP contribution >= 0.6 is 11.6 Å². The van der Waals surface area contributed by atoms with Gasteiger partial charge in [-0.3, -0.25) is 9.78 Å². The van der Waals surface area contributed by atoms with Gasteiger partial charge < -0.3 is 10.1 Å². The normalized spacial score (nSPS) is 10.2. The van der Waals surface area contributed by atoms with Crippen molar-refractivity contribution in [2.24, 2.45) is 0 Å². The highest BCUT2D eigenvalue weighted by Gasteiger charge is 2.09. The Hall–Kier alpha value is -2.07. The molecule has 2 rings (SSSR count). The number of nitrogens with one attached hydrogen (secondary N) is 1. The van der Waals surface area contributed by atoms with Crippen molar-refractivity contribution in [1.29, 1.82) is 0 Å². The molecule has 1 amide bonds. The van der Waals surface area contributed by atoms with Crippen LogP contribution in [0.15, 0.2) is 42.6 Å². The molecule has 0 radical (unpaired) electrons. The van der Waals surface area contributed by atoms with E-state index < -0.39 is 0 Å². The number of benzene rings is 1. The summed E-state index contributed by atoms with van der Waals surface area (Å²) < 4.78 is 5.24. The van der Waals surface area contributed by atoms with Crippen LogP contribution in [0.2, 0.25) is 5.02 Å². The highest BCUT2D eigenvalue weighted by atomic mass is 35.5. The fourth-order valence-corrected chi connectivity index (χ4v) is 2.20. The van der Waals surface area contributed by atoms with Gasteiger partial charge in [0.05, 0.1) is 7.11 Å². The zero-order valence-electron chi connectivity index (χ0n) is 11.8. The van der Waals surface area contributed by atoms with Crippen LogP contribution in [0, 0.1) is 0 Å². The minimum Gasteiger partial charge on any atom is -0.496 e. The third kappa shape index (κ3) is 4.46. The van der Waals surface area contributed by atoms with Crippen LogP contribution in [0.3, 0.4) is 0 Å². The quantitative estimate of drug-likeness (QED) is 0.892. The number of rotatable bonds is 6. The smallest absolute Gasteiger partial charge is 0.220 e. The molecule has 0 atom stereocenters. The maximum Gasteiger partial charge on any atom is 0.220 e. The summed E-state index contributed by atoms with van der Waals surface area (Å²) in [6.07, 6.45) is 2.73. The Bertz CT molecular complexity index is 602. The second-order valence-corrected chi connectivity index (χ2v) is 4.93. The Kier molecular flexibility index (Phi) is 5.58. The number of carbonyl (C=O) groups is 1. The fraction of sp³-hybridized carbons (Fsp3) is 0.250. The van der Waals surface area contributed by atoms with Crippen LogP contribution in [0.1, 0.15) is 17.7 Å². The molecule has 1 aromatic carbocycles. The van der Waals surface area contributed by atoms with E-state index >= 15 is 0 Å². The predicted molar refractivity (Wildman–Crippen MR) is 82.4 cm³/mol. The molecule has 1 aromatic heterocycles. The zero-order chi connectivity index (χ0) is 15.1. The summed E-state index contributed by atoms with van der Waals surface area (Å²) in [6, 6.07) is 11.1. The van der Waals surface area contributed by atoms with Gasteiger partial charge in [0.15, 0.2) is 0 Å². The Morgan fingerprint density at radius 2 is 2.14 bits per heavy atom. The minimum absolute atomic E-state index is 0.0392. The zero-order valence-corrected chi connectivity index (χ0v) is 12.6. The molecule has 1 heterocycles. The first kappa shape index (κ1) is 15.3. The van der Waals surface area contributed by atoms with Crippen LogP contribution < -0.4 is 10.1 Å². The minimum atomic E-state index is -0.0392. The SMILES string of the molecule is COc1cccc(Cl)c1CNC(=O)CCc1ccccn1. The van der Waals surface area contributed by atoms with E-state index in [0.717, 1.165) is 11.3 Å². The van der Waals surface area contributed by atoms with Crippen molar-refractivity contribution in [3.63, 3.8) is 0 Å². The lowest BCUT2D eigenvalue weighted by molar-refractivity contribution is -0.121. The fourth-order valence-electron chi connectivity index (χ4n) is 1.96. The number of aromatic nitrogens is 1. The summed E-state index contributed by atoms with van der Waals surface area (Å²) in [5, 5.41) is 3.44. The van der Waals surface area contributed by atoms with Gasteiger partial charge >= 0.3 is 0 Å². The van der Waals surface area contributed by atoms with Crippen LogP contribution in [0.25, 0.3) is 0 Å². The van der Waals surface area contributed by atoms with Crippen molar-refractivity contribution in [3.05, 3.63) is 58.9 Å². The lowest BCUT2D eigenvalue weighted by Gasteiger charge is -2.11. The summed E-state index contributed by atoms with van der Waals surface area (Å²) in [5.41, 5.74) is 1.69. The Morgan fingerprint density at radius 3 is 2.86 bits per heavy atom. The van der Waals surface area contributed by atoms with E-state index in [1.807, 2.05) is 30.3 Å². The highest BCUT2D eigenvalue weighted by Crippen LogP contribution is 2.25. The second kappa shape index (κ2) is 7.64. The molecule has 0 fully saturated rings. The molecule has 21 heavy (non-hydrogen) atoms. The molecular formula is C16H17ClN2O2. The predicted octanol–water partition coefficient (Wildman–Crippen LogP) is 2.99. The average Bonchev–Trinajstić information content (AvgIpc) is 2.52. The highest BCUT2D eigenvalue weighted by molar-refractivity contribution is 6.31. The van der Waals surface area contributed by atoms with Gasteiger partial charge in [0.25, 0.3) is 0 Å². The average molecular weight is 305 g/mol. The van der Waals surface area contributed by atoms with Crippen molar-refractivity contribution in [2.75, 3.05) is 7.11 Å². The van der Waals surface area contributed by atoms with Crippen molar-refractivity contribution >= 4 is 17.5 Å². The number of ether oxygens (including phenoxy) is 1. The van der Waals surface area contributed by atoms with Crippen molar-refractivity contribution in [1.82, 2.24) is 10.3 Å². The monoisotopic (exact) mass is 304 g/mol. The van der Waals surface area contributed by atoms with Gasteiger partial charge in [-0.05, 0) is 30.7 Å². The van der Waals surface area contributed by atoms with E-state index in [0.29, 0.717) is 30.2 Å². The van der Waals surface area contributed by atoms with E-state index in [2.05, 4.69) is 10.3 Å². The first-order valence-corrected chi connectivity index (χ1v) is 7.06. The third-order valence-corrected chi connectivity index (χ3v) is 3.45. The molecule has 0 saturated carbocycles. The standard InChI is InChI=1S/C16H17ClN2O2/c1-21-15-7-4-6-14(17)13(15)11-19-16(20)9-8-12-5-2-3-10-18-12/h2-7,10H,8-9,11H2,1H3,(H,19,20). The van der Waals surface area contributed by atoms with E-state index in [4.69, 9.17) is 16.3 Å². The van der Waals surface area contributed by atoms with Gasteiger partial charge in [0.1, 0.15) is 5.75 Å². The van der Waals surface area contributed by atoms with Crippen molar-refractivity contribution in [3.8, 4) is 5.75 Å². The molecule has 0 aliphatic carbocycles. The molecule has 110 valence electrons. The largest absolute Gasteiger partial charge is 0.496 e. The topological polar surface area (TPSA) is 51.2 Å². The van der Waals surface area contributed by atoms with Gasteiger partial charge in [-0.2, -0.15) is 0 Å². The summed E-state index contributed by atoms with van der Waals surface area (Å²) in [7, 11) is 1.58. The molecule has 0 saturated heterocycles. The summed E-state index contributed by atoms with van der Waals surface area (Å²) in [4.78, 5) is 16.1. The Labute approximate surface area is 129 Å². The maximum absolute atomic E-state index is 11.9. The number of carbonyl (C=O) groups excluding carboxylic acids is 1. The summed E-state index contributed by atoms with van der Waals surface area (Å²) in [6.45, 7) is 0.351. The van der Waals surface area contributed by atoms with E-state index in [1.54, 1.807) is 19.4 Å². The molecule has 1 N–H and O–H groups in total. The lowest BCUT2D eigenvalue weighted by Crippen LogP contribution is -2.23. The molecule has 0 aliphatic rings. The molecule has 0 spiro atoms. The van der Waals surface area contributed by atoms with E-state index in [1.165, 1.54) is 0 Å². The number of nitrogens with zero attached hydrogens (tertiary/aromatic N) is 1. The van der Waals surface area contributed by atoms with Gasteiger partial charge in [-0.1, -0.05) is 23.7 Å². The molecule has 2 aromatic rings. The van der Waals surface area contributed by atoms with Gasteiger partial charge in [0, 0.05) is 35.4 Å². The number of aryl methyl sites for hydroxylation is 1. The van der Waals surface area contributed by atoms with Gasteiger partial charge in [0.2, 0.25) is 5.91 Å².